The fourth-order valence-corrected chi connectivity index (χ4v) is 0.570. The Balaban J connectivity index is 0. The average molecular weight is 282 g/mol. The van der Waals surface area contributed by atoms with E-state index in [1.807, 2.05) is 0 Å². The molecule has 0 aliphatic carbocycles. The van der Waals surface area contributed by atoms with E-state index in [-0.39, 0.29) is 29.6 Å². The smallest absolute Gasteiger partial charge is 0.285 e. The monoisotopic (exact) mass is 282 g/mol. The maximum Gasteiger partial charge on any atom is 1.00 e. The third-order valence-corrected chi connectivity index (χ3v) is 1.01. The largest absolute Gasteiger partial charge is 1.00 e. The van der Waals surface area contributed by atoms with Crippen molar-refractivity contribution >= 4 is 20.2 Å². The van der Waals surface area contributed by atoms with Crippen LogP contribution in [0.5, 0.6) is 0 Å². The second-order valence-corrected chi connectivity index (χ2v) is 4.42. The van der Waals surface area contributed by atoms with Gasteiger partial charge in [0.25, 0.3) is 9.05 Å². The van der Waals surface area contributed by atoms with Gasteiger partial charge in [0.15, 0.2) is 0 Å². The van der Waals surface area contributed by atoms with E-state index in [1.165, 1.54) is 18.2 Å². The summed E-state index contributed by atoms with van der Waals surface area (Å²) in [7, 11) is -3.83. The second kappa shape index (κ2) is 7.59. The molecule has 2 N–H and O–H groups in total. The Morgan fingerprint density at radius 1 is 1.31 bits per heavy atom. The number of benzene rings is 1. The van der Waals surface area contributed by atoms with Gasteiger partial charge in [-0.05, 0) is 0 Å². The Morgan fingerprint density at radius 2 is 1.75 bits per heavy atom. The van der Waals surface area contributed by atoms with Gasteiger partial charge in [-0.2, -0.15) is 47.7 Å². The minimum atomic E-state index is -4.26. The van der Waals surface area contributed by atoms with Crippen LogP contribution in [0, 0.1) is 6.07 Å². The maximum absolute atomic E-state index is 11.8. The molecule has 0 saturated heterocycles. The SMILES string of the molecule is FC(F)(F)c1[c-]cccc1.O=S(O)(O)=S.[Na+]. The molecule has 1 aromatic rings. The van der Waals surface area contributed by atoms with Gasteiger partial charge in [0.2, 0.25) is 0 Å². The topological polar surface area (TPSA) is 57.5 Å². The molecule has 0 saturated carbocycles. The van der Waals surface area contributed by atoms with E-state index in [0.717, 1.165) is 6.07 Å². The first-order chi connectivity index (χ1) is 6.61. The van der Waals surface area contributed by atoms with Crippen molar-refractivity contribution in [3.8, 4) is 0 Å². The van der Waals surface area contributed by atoms with Crippen LogP contribution in [0.15, 0.2) is 24.3 Å². The van der Waals surface area contributed by atoms with Crippen molar-refractivity contribution in [1.29, 1.82) is 0 Å². The van der Waals surface area contributed by atoms with Gasteiger partial charge in [-0.1, -0.05) is 5.56 Å². The van der Waals surface area contributed by atoms with Crippen LogP contribution < -0.4 is 29.6 Å². The molecule has 0 atom stereocenters. The van der Waals surface area contributed by atoms with Gasteiger partial charge >= 0.3 is 35.7 Å². The summed E-state index contributed by atoms with van der Waals surface area (Å²) in [4.78, 5) is 0. The van der Waals surface area contributed by atoms with Gasteiger partial charge in [0, 0.05) is 11.2 Å². The van der Waals surface area contributed by atoms with Crippen LogP contribution >= 0.6 is 0 Å². The van der Waals surface area contributed by atoms with Crippen molar-refractivity contribution in [2.75, 3.05) is 0 Å². The van der Waals surface area contributed by atoms with Crippen LogP contribution in [0.2, 0.25) is 0 Å². The van der Waals surface area contributed by atoms with E-state index in [0.29, 0.717) is 0 Å². The van der Waals surface area contributed by atoms with E-state index < -0.39 is 20.8 Å². The van der Waals surface area contributed by atoms with E-state index in [4.69, 9.17) is 13.3 Å². The van der Waals surface area contributed by atoms with Gasteiger partial charge in [0.1, 0.15) is 0 Å². The Kier molecular flexibility index (Phi) is 8.85. The zero-order chi connectivity index (χ0) is 12.1. The van der Waals surface area contributed by atoms with Crippen molar-refractivity contribution in [3.05, 3.63) is 35.9 Å². The second-order valence-electron chi connectivity index (χ2n) is 2.22. The molecule has 0 aromatic heterocycles. The number of halogens is 3. The van der Waals surface area contributed by atoms with E-state index >= 15 is 0 Å². The molecule has 0 radical (unpaired) electrons. The van der Waals surface area contributed by atoms with E-state index in [2.05, 4.69) is 17.3 Å². The predicted octanol–water partition coefficient (Wildman–Crippen LogP) is -0.812. The van der Waals surface area contributed by atoms with Crippen molar-refractivity contribution < 1.29 is 56.0 Å². The Morgan fingerprint density at radius 3 is 1.94 bits per heavy atom. The molecule has 0 amide bonds. The van der Waals surface area contributed by atoms with Crippen molar-refractivity contribution in [1.82, 2.24) is 0 Å². The van der Waals surface area contributed by atoms with Gasteiger partial charge < -0.3 is 0 Å². The molecular weight excluding hydrogens is 276 g/mol. The number of hydrogen-bond donors (Lipinski definition) is 2. The van der Waals surface area contributed by atoms with Crippen molar-refractivity contribution in [2.45, 2.75) is 6.18 Å². The summed E-state index contributed by atoms with van der Waals surface area (Å²) in [5, 5.41) is 0. The minimum absolute atomic E-state index is 0. The average Bonchev–Trinajstić information content (AvgIpc) is 2.01. The quantitative estimate of drug-likeness (QED) is 0.483. The maximum atomic E-state index is 11.8. The Bertz CT molecular complexity index is 383. The molecule has 0 spiro atoms. The molecule has 0 heterocycles. The fraction of sp³-hybridized carbons (Fsp3) is 0.143. The summed E-state index contributed by atoms with van der Waals surface area (Å²) in [6.45, 7) is 0. The molecular formula is C7H6F3NaO3S2. The summed E-state index contributed by atoms with van der Waals surface area (Å²) in [5.74, 6) is 0. The van der Waals surface area contributed by atoms with Crippen LogP contribution in [0.3, 0.4) is 0 Å². The van der Waals surface area contributed by atoms with Crippen molar-refractivity contribution in [2.24, 2.45) is 0 Å². The summed E-state index contributed by atoms with van der Waals surface area (Å²) in [6.07, 6.45) is -4.26. The molecule has 0 fully saturated rings. The normalized spacial score (nSPS) is 10.8. The third kappa shape index (κ3) is 12.4. The molecule has 16 heavy (non-hydrogen) atoms. The first kappa shape index (κ1) is 18.7. The molecule has 1 rings (SSSR count). The van der Waals surface area contributed by atoms with Gasteiger partial charge in [-0.15, -0.1) is 0 Å². The molecule has 3 nitrogen and oxygen atoms in total. The van der Waals surface area contributed by atoms with Crippen LogP contribution in [0.25, 0.3) is 0 Å². The molecule has 0 bridgehead atoms. The summed E-state index contributed by atoms with van der Waals surface area (Å²) in [6, 6.07) is 7.14. The first-order valence-electron chi connectivity index (χ1n) is 3.34. The van der Waals surface area contributed by atoms with Crippen LogP contribution in [-0.2, 0) is 26.4 Å². The van der Waals surface area contributed by atoms with Gasteiger partial charge in [-0.3, -0.25) is 9.11 Å². The summed E-state index contributed by atoms with van der Waals surface area (Å²) < 4.78 is 59.2. The molecule has 9 heteroatoms. The summed E-state index contributed by atoms with van der Waals surface area (Å²) >= 11 is 3.47. The number of hydrogen-bond acceptors (Lipinski definition) is 2. The number of rotatable bonds is 0. The van der Waals surface area contributed by atoms with E-state index in [1.54, 1.807) is 0 Å². The first-order valence-corrected chi connectivity index (χ1v) is 5.74. The van der Waals surface area contributed by atoms with Crippen LogP contribution in [0.1, 0.15) is 5.56 Å². The molecule has 0 unspecified atom stereocenters. The fourth-order valence-electron chi connectivity index (χ4n) is 0.570. The predicted molar refractivity (Wildman–Crippen MR) is 51.0 cm³/mol. The zero-order valence-electron chi connectivity index (χ0n) is 8.06. The van der Waals surface area contributed by atoms with Crippen LogP contribution in [-0.4, -0.2) is 13.3 Å². The Labute approximate surface area is 118 Å². The van der Waals surface area contributed by atoms with Crippen LogP contribution in [0.4, 0.5) is 13.2 Å². The standard InChI is InChI=1S/C7H4F3.Na.H2O3S2/c8-7(9,10)6-4-2-1-3-5-6;;1-5(2,3)4/h1-4H;;(H2,1,2,3,4)/q-1;+1;. The minimum Gasteiger partial charge on any atom is -0.285 e. The van der Waals surface area contributed by atoms with Crippen molar-refractivity contribution in [3.63, 3.8) is 0 Å². The third-order valence-electron chi connectivity index (χ3n) is 1.01. The van der Waals surface area contributed by atoms with Gasteiger partial charge in [0.05, 0.1) is 0 Å². The Hall–Kier alpha value is 0.300. The number of alkyl halides is 3. The molecule has 0 aliphatic rings. The van der Waals surface area contributed by atoms with E-state index in [9.17, 15) is 13.2 Å². The molecule has 86 valence electrons. The zero-order valence-corrected chi connectivity index (χ0v) is 11.7. The summed E-state index contributed by atoms with van der Waals surface area (Å²) in [5.41, 5.74) is -0.727. The molecule has 0 aliphatic heterocycles. The van der Waals surface area contributed by atoms with Gasteiger partial charge in [-0.25, -0.2) is 0 Å². The molecule has 1 aromatic carbocycles.